The molecule has 0 radical (unpaired) electrons. The van der Waals surface area contributed by atoms with E-state index in [-0.39, 0.29) is 6.04 Å². The minimum absolute atomic E-state index is 0.251. The van der Waals surface area contributed by atoms with Gasteiger partial charge in [0.05, 0.1) is 19.8 Å². The number of ether oxygens (including phenoxy) is 2. The predicted molar refractivity (Wildman–Crippen MR) is 84.6 cm³/mol. The summed E-state index contributed by atoms with van der Waals surface area (Å²) < 4.78 is 10.4. The van der Waals surface area contributed by atoms with Crippen molar-refractivity contribution in [1.29, 1.82) is 0 Å². The van der Waals surface area contributed by atoms with E-state index >= 15 is 0 Å². The lowest BCUT2D eigenvalue weighted by Crippen LogP contribution is -2.51. The Bertz CT molecular complexity index is 529. The Morgan fingerprint density at radius 1 is 0.810 bits per heavy atom. The van der Waals surface area contributed by atoms with Gasteiger partial charge in [-0.15, -0.1) is 0 Å². The number of hydrogen-bond donors (Lipinski definition) is 2. The van der Waals surface area contributed by atoms with Gasteiger partial charge in [-0.2, -0.15) is 0 Å². The van der Waals surface area contributed by atoms with Gasteiger partial charge in [-0.05, 0) is 42.3 Å². The van der Waals surface area contributed by atoms with Crippen LogP contribution in [-0.2, 0) is 5.54 Å². The van der Waals surface area contributed by atoms with Crippen molar-refractivity contribution in [3.8, 4) is 11.5 Å². The van der Waals surface area contributed by atoms with E-state index in [4.69, 9.17) is 20.9 Å². The van der Waals surface area contributed by atoms with E-state index in [2.05, 4.69) is 0 Å². The quantitative estimate of drug-likeness (QED) is 0.884. The number of hydrogen-bond acceptors (Lipinski definition) is 4. The first-order valence-corrected chi connectivity index (χ1v) is 6.86. The maximum absolute atomic E-state index is 6.66. The molecule has 21 heavy (non-hydrogen) atoms. The van der Waals surface area contributed by atoms with Gasteiger partial charge in [0.15, 0.2) is 0 Å². The van der Waals surface area contributed by atoms with Gasteiger partial charge in [-0.1, -0.05) is 24.3 Å². The van der Waals surface area contributed by atoms with E-state index in [1.54, 1.807) is 14.2 Å². The second kappa shape index (κ2) is 6.16. The van der Waals surface area contributed by atoms with Crippen molar-refractivity contribution in [1.82, 2.24) is 0 Å². The van der Waals surface area contributed by atoms with E-state index in [9.17, 15) is 0 Å². The number of benzene rings is 2. The SMILES string of the molecule is COc1ccc(C(N)(c2ccc(OC)cc2)C(C)N)cc1. The van der Waals surface area contributed by atoms with Crippen LogP contribution >= 0.6 is 0 Å². The molecule has 1 atom stereocenters. The average molecular weight is 286 g/mol. The molecule has 0 aliphatic rings. The standard InChI is InChI=1S/C17H22N2O2/c1-12(18)17(19,13-4-8-15(20-2)9-5-13)14-6-10-16(21-3)11-7-14/h4-12H,18-19H2,1-3H3. The lowest BCUT2D eigenvalue weighted by molar-refractivity contribution is 0.410. The fourth-order valence-corrected chi connectivity index (χ4v) is 2.43. The molecule has 2 aromatic rings. The molecule has 0 fully saturated rings. The van der Waals surface area contributed by atoms with Crippen LogP contribution in [0.5, 0.6) is 11.5 Å². The highest BCUT2D eigenvalue weighted by Crippen LogP contribution is 2.31. The molecular weight excluding hydrogens is 264 g/mol. The summed E-state index contributed by atoms with van der Waals surface area (Å²) >= 11 is 0. The van der Waals surface area contributed by atoms with Gasteiger partial charge < -0.3 is 20.9 Å². The minimum atomic E-state index is -0.765. The highest BCUT2D eigenvalue weighted by molar-refractivity contribution is 5.43. The van der Waals surface area contributed by atoms with Crippen LogP contribution in [0.25, 0.3) is 0 Å². The van der Waals surface area contributed by atoms with Gasteiger partial charge >= 0.3 is 0 Å². The zero-order valence-electron chi connectivity index (χ0n) is 12.7. The molecule has 2 rings (SSSR count). The molecule has 0 amide bonds. The number of nitrogens with two attached hydrogens (primary N) is 2. The van der Waals surface area contributed by atoms with Crippen LogP contribution in [0.3, 0.4) is 0 Å². The Labute approximate surface area is 125 Å². The summed E-state index contributed by atoms with van der Waals surface area (Å²) in [4.78, 5) is 0. The van der Waals surface area contributed by atoms with Crippen molar-refractivity contribution in [3.05, 3.63) is 59.7 Å². The van der Waals surface area contributed by atoms with Crippen molar-refractivity contribution in [2.45, 2.75) is 18.5 Å². The molecule has 1 unspecified atom stereocenters. The third kappa shape index (κ3) is 2.86. The Hall–Kier alpha value is -2.04. The minimum Gasteiger partial charge on any atom is -0.497 e. The molecule has 0 saturated heterocycles. The molecule has 0 spiro atoms. The molecule has 0 aromatic heterocycles. The molecule has 2 aromatic carbocycles. The highest BCUT2D eigenvalue weighted by atomic mass is 16.5. The van der Waals surface area contributed by atoms with Crippen LogP contribution in [0.2, 0.25) is 0 Å². The lowest BCUT2D eigenvalue weighted by Gasteiger charge is -2.34. The van der Waals surface area contributed by atoms with Gasteiger partial charge in [-0.3, -0.25) is 0 Å². The van der Waals surface area contributed by atoms with Crippen molar-refractivity contribution in [2.24, 2.45) is 11.5 Å². The predicted octanol–water partition coefficient (Wildman–Crippen LogP) is 2.25. The lowest BCUT2D eigenvalue weighted by atomic mass is 9.78. The van der Waals surface area contributed by atoms with E-state index in [1.807, 2.05) is 55.5 Å². The molecule has 0 saturated carbocycles. The van der Waals surface area contributed by atoms with E-state index < -0.39 is 5.54 Å². The van der Waals surface area contributed by atoms with Crippen LogP contribution < -0.4 is 20.9 Å². The summed E-state index contributed by atoms with van der Waals surface area (Å²) in [6.07, 6.45) is 0. The molecule has 112 valence electrons. The highest BCUT2D eigenvalue weighted by Gasteiger charge is 2.33. The molecule has 4 nitrogen and oxygen atoms in total. The molecule has 0 aliphatic carbocycles. The fourth-order valence-electron chi connectivity index (χ4n) is 2.43. The Morgan fingerprint density at radius 3 is 1.38 bits per heavy atom. The first-order valence-electron chi connectivity index (χ1n) is 6.86. The van der Waals surface area contributed by atoms with E-state index in [0.717, 1.165) is 22.6 Å². The summed E-state index contributed by atoms with van der Waals surface area (Å²) in [6.45, 7) is 1.91. The van der Waals surface area contributed by atoms with Gasteiger partial charge in [0, 0.05) is 6.04 Å². The van der Waals surface area contributed by atoms with Gasteiger partial charge in [0.25, 0.3) is 0 Å². The molecule has 0 heterocycles. The molecule has 4 heteroatoms. The summed E-state index contributed by atoms with van der Waals surface area (Å²) in [5, 5.41) is 0. The molecule has 4 N–H and O–H groups in total. The first kappa shape index (κ1) is 15.4. The first-order chi connectivity index (χ1) is 10.0. The summed E-state index contributed by atoms with van der Waals surface area (Å²) in [7, 11) is 3.28. The Balaban J connectivity index is 2.47. The molecule has 0 aliphatic heterocycles. The fraction of sp³-hybridized carbons (Fsp3) is 0.294. The van der Waals surface area contributed by atoms with Crippen LogP contribution in [0.1, 0.15) is 18.1 Å². The van der Waals surface area contributed by atoms with Gasteiger partial charge in [-0.25, -0.2) is 0 Å². The van der Waals surface area contributed by atoms with Crippen molar-refractivity contribution in [3.63, 3.8) is 0 Å². The Kier molecular flexibility index (Phi) is 4.50. The maximum atomic E-state index is 6.66. The Morgan fingerprint density at radius 2 is 1.14 bits per heavy atom. The topological polar surface area (TPSA) is 70.5 Å². The second-order valence-electron chi connectivity index (χ2n) is 5.11. The van der Waals surface area contributed by atoms with E-state index in [1.165, 1.54) is 0 Å². The average Bonchev–Trinajstić information content (AvgIpc) is 2.54. The van der Waals surface area contributed by atoms with Crippen LogP contribution in [0.15, 0.2) is 48.5 Å². The second-order valence-corrected chi connectivity index (χ2v) is 5.11. The smallest absolute Gasteiger partial charge is 0.118 e. The van der Waals surface area contributed by atoms with Gasteiger partial charge in [0.2, 0.25) is 0 Å². The number of rotatable bonds is 5. The van der Waals surface area contributed by atoms with Crippen LogP contribution in [0.4, 0.5) is 0 Å². The van der Waals surface area contributed by atoms with Crippen molar-refractivity contribution >= 4 is 0 Å². The van der Waals surface area contributed by atoms with Crippen molar-refractivity contribution in [2.75, 3.05) is 14.2 Å². The maximum Gasteiger partial charge on any atom is 0.118 e. The van der Waals surface area contributed by atoms with Crippen LogP contribution in [-0.4, -0.2) is 20.3 Å². The summed E-state index contributed by atoms with van der Waals surface area (Å²) in [5.74, 6) is 1.58. The van der Waals surface area contributed by atoms with Crippen LogP contribution in [0, 0.1) is 0 Å². The zero-order valence-corrected chi connectivity index (χ0v) is 12.7. The molecular formula is C17H22N2O2. The third-order valence-corrected chi connectivity index (χ3v) is 3.85. The normalized spacial score (nSPS) is 12.8. The largest absolute Gasteiger partial charge is 0.497 e. The van der Waals surface area contributed by atoms with E-state index in [0.29, 0.717) is 0 Å². The summed E-state index contributed by atoms with van der Waals surface area (Å²) in [6, 6.07) is 15.1. The third-order valence-electron chi connectivity index (χ3n) is 3.85. The zero-order chi connectivity index (χ0) is 15.5. The van der Waals surface area contributed by atoms with Crippen molar-refractivity contribution < 1.29 is 9.47 Å². The monoisotopic (exact) mass is 286 g/mol. The number of methoxy groups -OCH3 is 2. The summed E-state index contributed by atoms with van der Waals surface area (Å²) in [5.41, 5.74) is 14.0. The molecule has 0 bridgehead atoms. The van der Waals surface area contributed by atoms with Gasteiger partial charge in [0.1, 0.15) is 11.5 Å².